The Labute approximate surface area is 130 Å². The first kappa shape index (κ1) is 15.0. The van der Waals surface area contributed by atoms with Crippen molar-refractivity contribution in [2.24, 2.45) is 0 Å². The van der Waals surface area contributed by atoms with Gasteiger partial charge in [-0.2, -0.15) is 0 Å². The molecule has 6 nitrogen and oxygen atoms in total. The largest absolute Gasteiger partial charge is 0.486 e. The number of fused-ring (bicyclic) bond motifs is 1. The number of urea groups is 1. The number of rotatable bonds is 3. The lowest BCUT2D eigenvalue weighted by Gasteiger charge is -2.29. The summed E-state index contributed by atoms with van der Waals surface area (Å²) < 4.78 is 11.0. The number of ether oxygens (including phenoxy) is 2. The molecule has 1 fully saturated rings. The van der Waals surface area contributed by atoms with Crippen LogP contribution in [0.3, 0.4) is 0 Å². The highest BCUT2D eigenvalue weighted by atomic mass is 16.6. The highest BCUT2D eigenvalue weighted by Gasteiger charge is 2.18. The molecule has 0 atom stereocenters. The van der Waals surface area contributed by atoms with E-state index >= 15 is 0 Å². The minimum Gasteiger partial charge on any atom is -0.486 e. The first-order valence-corrected chi connectivity index (χ1v) is 7.82. The minimum absolute atomic E-state index is 0.107. The van der Waals surface area contributed by atoms with Crippen molar-refractivity contribution in [2.45, 2.75) is 25.4 Å². The number of nitrogens with zero attached hydrogens (tertiary/aromatic N) is 1. The first-order valence-electron chi connectivity index (χ1n) is 7.82. The first-order chi connectivity index (χ1) is 10.7. The predicted octanol–water partition coefficient (Wildman–Crippen LogP) is 1.35. The molecule has 2 heterocycles. The van der Waals surface area contributed by atoms with Crippen LogP contribution in [0, 0.1) is 0 Å². The summed E-state index contributed by atoms with van der Waals surface area (Å²) in [6, 6.07) is 5.93. The lowest BCUT2D eigenvalue weighted by atomic mass is 10.1. The monoisotopic (exact) mass is 305 g/mol. The molecule has 0 bridgehead atoms. The lowest BCUT2D eigenvalue weighted by Crippen LogP contribution is -2.46. The van der Waals surface area contributed by atoms with Gasteiger partial charge in [-0.1, -0.05) is 6.07 Å². The van der Waals surface area contributed by atoms with Crippen LogP contribution in [-0.2, 0) is 6.54 Å². The number of hydrogen-bond acceptors (Lipinski definition) is 4. The summed E-state index contributed by atoms with van der Waals surface area (Å²) in [4.78, 5) is 14.2. The molecule has 0 unspecified atom stereocenters. The Kier molecular flexibility index (Phi) is 4.68. The number of carbonyl (C=O) groups is 1. The second kappa shape index (κ2) is 6.87. The van der Waals surface area contributed by atoms with E-state index in [1.807, 2.05) is 18.2 Å². The van der Waals surface area contributed by atoms with Gasteiger partial charge in [-0.05, 0) is 50.7 Å². The molecule has 0 radical (unpaired) electrons. The van der Waals surface area contributed by atoms with Crippen LogP contribution in [0.4, 0.5) is 4.79 Å². The van der Waals surface area contributed by atoms with Crippen LogP contribution < -0.4 is 20.1 Å². The van der Waals surface area contributed by atoms with Gasteiger partial charge >= 0.3 is 6.03 Å². The Balaban J connectivity index is 1.46. The van der Waals surface area contributed by atoms with E-state index in [4.69, 9.17) is 9.47 Å². The van der Waals surface area contributed by atoms with Crippen molar-refractivity contribution in [1.29, 1.82) is 0 Å². The molecule has 22 heavy (non-hydrogen) atoms. The number of piperidine rings is 1. The lowest BCUT2D eigenvalue weighted by molar-refractivity contribution is 0.171. The minimum atomic E-state index is -0.107. The van der Waals surface area contributed by atoms with Gasteiger partial charge in [0.1, 0.15) is 13.2 Å². The van der Waals surface area contributed by atoms with E-state index in [9.17, 15) is 4.79 Å². The SMILES string of the molecule is CN1CCC(NC(=O)NCc2ccc3c(c2)OCCO3)CC1. The molecule has 1 aromatic carbocycles. The van der Waals surface area contributed by atoms with Crippen molar-refractivity contribution in [3.63, 3.8) is 0 Å². The fourth-order valence-electron chi connectivity index (χ4n) is 2.77. The van der Waals surface area contributed by atoms with Crippen LogP contribution in [0.2, 0.25) is 0 Å². The topological polar surface area (TPSA) is 62.8 Å². The standard InChI is InChI=1S/C16H23N3O3/c1-19-6-4-13(5-7-19)18-16(20)17-11-12-2-3-14-15(10-12)22-9-8-21-14/h2-3,10,13H,4-9,11H2,1H3,(H2,17,18,20). The van der Waals surface area contributed by atoms with Gasteiger partial charge in [0.2, 0.25) is 0 Å². The molecular weight excluding hydrogens is 282 g/mol. The molecule has 2 amide bonds. The average molecular weight is 305 g/mol. The Morgan fingerprint density at radius 2 is 1.95 bits per heavy atom. The zero-order valence-electron chi connectivity index (χ0n) is 12.9. The number of carbonyl (C=O) groups excluding carboxylic acids is 1. The zero-order valence-corrected chi connectivity index (χ0v) is 12.9. The second-order valence-corrected chi connectivity index (χ2v) is 5.88. The summed E-state index contributed by atoms with van der Waals surface area (Å²) >= 11 is 0. The van der Waals surface area contributed by atoms with E-state index in [2.05, 4.69) is 22.6 Å². The van der Waals surface area contributed by atoms with E-state index in [-0.39, 0.29) is 12.1 Å². The summed E-state index contributed by atoms with van der Waals surface area (Å²) in [7, 11) is 2.11. The Hall–Kier alpha value is -1.95. The third-order valence-electron chi connectivity index (χ3n) is 4.11. The van der Waals surface area contributed by atoms with E-state index in [0.717, 1.165) is 43.0 Å². The maximum absolute atomic E-state index is 12.0. The van der Waals surface area contributed by atoms with Crippen molar-refractivity contribution in [3.8, 4) is 11.5 Å². The van der Waals surface area contributed by atoms with Crippen LogP contribution in [0.5, 0.6) is 11.5 Å². The van der Waals surface area contributed by atoms with Crippen LogP contribution in [0.1, 0.15) is 18.4 Å². The van der Waals surface area contributed by atoms with Gasteiger partial charge in [-0.3, -0.25) is 0 Å². The zero-order chi connectivity index (χ0) is 15.4. The molecule has 0 aromatic heterocycles. The Morgan fingerprint density at radius 3 is 2.73 bits per heavy atom. The van der Waals surface area contributed by atoms with Gasteiger partial charge in [0.25, 0.3) is 0 Å². The number of nitrogens with one attached hydrogen (secondary N) is 2. The number of likely N-dealkylation sites (tertiary alicyclic amines) is 1. The molecule has 2 aliphatic heterocycles. The molecule has 0 spiro atoms. The molecule has 1 saturated heterocycles. The smallest absolute Gasteiger partial charge is 0.315 e. The molecule has 0 aliphatic carbocycles. The average Bonchev–Trinajstić information content (AvgIpc) is 2.55. The fraction of sp³-hybridized carbons (Fsp3) is 0.562. The van der Waals surface area contributed by atoms with Crippen molar-refractivity contribution >= 4 is 6.03 Å². The normalized spacial score (nSPS) is 18.8. The molecule has 0 saturated carbocycles. The van der Waals surface area contributed by atoms with Gasteiger partial charge in [0.15, 0.2) is 11.5 Å². The Morgan fingerprint density at radius 1 is 1.23 bits per heavy atom. The molecule has 3 rings (SSSR count). The highest BCUT2D eigenvalue weighted by Crippen LogP contribution is 2.30. The quantitative estimate of drug-likeness (QED) is 0.885. The maximum atomic E-state index is 12.0. The molecule has 2 aliphatic rings. The summed E-state index contributed by atoms with van der Waals surface area (Å²) in [6.07, 6.45) is 2.02. The summed E-state index contributed by atoms with van der Waals surface area (Å²) in [5, 5.41) is 5.94. The van der Waals surface area contributed by atoms with Crippen molar-refractivity contribution < 1.29 is 14.3 Å². The van der Waals surface area contributed by atoms with Gasteiger partial charge < -0.3 is 25.0 Å². The van der Waals surface area contributed by atoms with Crippen LogP contribution in [0.25, 0.3) is 0 Å². The van der Waals surface area contributed by atoms with Gasteiger partial charge in [0.05, 0.1) is 0 Å². The van der Waals surface area contributed by atoms with E-state index < -0.39 is 0 Å². The maximum Gasteiger partial charge on any atom is 0.315 e. The van der Waals surface area contributed by atoms with Gasteiger partial charge in [-0.15, -0.1) is 0 Å². The number of benzene rings is 1. The van der Waals surface area contributed by atoms with E-state index in [1.165, 1.54) is 0 Å². The number of amides is 2. The molecule has 6 heteroatoms. The van der Waals surface area contributed by atoms with Crippen LogP contribution in [-0.4, -0.2) is 50.3 Å². The van der Waals surface area contributed by atoms with E-state index in [0.29, 0.717) is 19.8 Å². The van der Waals surface area contributed by atoms with E-state index in [1.54, 1.807) is 0 Å². The van der Waals surface area contributed by atoms with Gasteiger partial charge in [0, 0.05) is 12.6 Å². The number of hydrogen-bond donors (Lipinski definition) is 2. The summed E-state index contributed by atoms with van der Waals surface area (Å²) in [5.41, 5.74) is 1.00. The second-order valence-electron chi connectivity index (χ2n) is 5.88. The summed E-state index contributed by atoms with van der Waals surface area (Å²) in [5.74, 6) is 1.52. The summed E-state index contributed by atoms with van der Waals surface area (Å²) in [6.45, 7) is 3.71. The van der Waals surface area contributed by atoms with Crippen LogP contribution in [0.15, 0.2) is 18.2 Å². The predicted molar refractivity (Wildman–Crippen MR) is 83.3 cm³/mol. The van der Waals surface area contributed by atoms with Crippen molar-refractivity contribution in [2.75, 3.05) is 33.4 Å². The molecular formula is C16H23N3O3. The van der Waals surface area contributed by atoms with Crippen LogP contribution >= 0.6 is 0 Å². The van der Waals surface area contributed by atoms with Crippen molar-refractivity contribution in [1.82, 2.24) is 15.5 Å². The third-order valence-corrected chi connectivity index (χ3v) is 4.11. The highest BCUT2D eigenvalue weighted by molar-refractivity contribution is 5.74. The molecule has 2 N–H and O–H groups in total. The fourth-order valence-corrected chi connectivity index (χ4v) is 2.77. The molecule has 1 aromatic rings. The van der Waals surface area contributed by atoms with Crippen molar-refractivity contribution in [3.05, 3.63) is 23.8 Å². The van der Waals surface area contributed by atoms with Gasteiger partial charge in [-0.25, -0.2) is 4.79 Å². The third kappa shape index (κ3) is 3.82. The molecule has 120 valence electrons. The Bertz CT molecular complexity index is 527.